The lowest BCUT2D eigenvalue weighted by atomic mass is 9.78. The number of carbonyl (C=O) groups is 1. The summed E-state index contributed by atoms with van der Waals surface area (Å²) >= 11 is 0. The van der Waals surface area contributed by atoms with Crippen LogP contribution in [0.2, 0.25) is 0 Å². The number of carbonyl (C=O) groups excluding carboxylic acids is 1. The van der Waals surface area contributed by atoms with Crippen molar-refractivity contribution in [2.24, 2.45) is 5.41 Å². The zero-order valence-electron chi connectivity index (χ0n) is 14.9. The van der Waals surface area contributed by atoms with Crippen LogP contribution in [-0.2, 0) is 16.1 Å². The highest BCUT2D eigenvalue weighted by Crippen LogP contribution is 2.39. The molecule has 1 aromatic rings. The third kappa shape index (κ3) is 4.17. The first-order valence-corrected chi connectivity index (χ1v) is 9.29. The van der Waals surface area contributed by atoms with Crippen LogP contribution in [0.1, 0.15) is 37.7 Å². The Morgan fingerprint density at radius 1 is 1.12 bits per heavy atom. The van der Waals surface area contributed by atoms with Gasteiger partial charge in [0.1, 0.15) is 0 Å². The van der Waals surface area contributed by atoms with E-state index in [9.17, 15) is 4.79 Å². The van der Waals surface area contributed by atoms with Gasteiger partial charge in [0.05, 0.1) is 12.0 Å². The van der Waals surface area contributed by atoms with Gasteiger partial charge in [0.2, 0.25) is 5.91 Å². The molecule has 132 valence electrons. The van der Waals surface area contributed by atoms with Gasteiger partial charge >= 0.3 is 0 Å². The molecule has 2 saturated heterocycles. The number of rotatable bonds is 7. The first kappa shape index (κ1) is 17.4. The van der Waals surface area contributed by atoms with Crippen molar-refractivity contribution in [3.8, 4) is 0 Å². The van der Waals surface area contributed by atoms with Crippen LogP contribution < -0.4 is 0 Å². The van der Waals surface area contributed by atoms with Crippen LogP contribution in [0, 0.1) is 5.41 Å². The first-order chi connectivity index (χ1) is 11.7. The van der Waals surface area contributed by atoms with Crippen LogP contribution in [0.25, 0.3) is 0 Å². The van der Waals surface area contributed by atoms with E-state index < -0.39 is 0 Å². The molecule has 24 heavy (non-hydrogen) atoms. The van der Waals surface area contributed by atoms with Gasteiger partial charge < -0.3 is 14.5 Å². The maximum absolute atomic E-state index is 12.5. The lowest BCUT2D eigenvalue weighted by Gasteiger charge is -2.37. The highest BCUT2D eigenvalue weighted by atomic mass is 16.5. The minimum absolute atomic E-state index is 0.0726. The lowest BCUT2D eigenvalue weighted by Crippen LogP contribution is -2.48. The number of hydrogen-bond donors (Lipinski definition) is 0. The Kier molecular flexibility index (Phi) is 5.90. The number of nitrogens with zero attached hydrogens (tertiary/aromatic N) is 2. The molecule has 1 amide bonds. The third-order valence-electron chi connectivity index (χ3n) is 5.51. The molecule has 4 nitrogen and oxygen atoms in total. The number of likely N-dealkylation sites (tertiary alicyclic amines) is 2. The molecule has 0 aliphatic carbocycles. The maximum Gasteiger partial charge on any atom is 0.229 e. The Balaban J connectivity index is 1.31. The van der Waals surface area contributed by atoms with E-state index in [2.05, 4.69) is 17.0 Å². The van der Waals surface area contributed by atoms with Crippen molar-refractivity contribution in [2.45, 2.75) is 38.7 Å². The van der Waals surface area contributed by atoms with Crippen molar-refractivity contribution in [3.05, 3.63) is 35.9 Å². The third-order valence-corrected chi connectivity index (χ3v) is 5.51. The second-order valence-corrected chi connectivity index (χ2v) is 7.38. The molecule has 0 aromatic heterocycles. The summed E-state index contributed by atoms with van der Waals surface area (Å²) in [7, 11) is 1.95. The fourth-order valence-electron chi connectivity index (χ4n) is 4.10. The van der Waals surface area contributed by atoms with Crippen LogP contribution in [0.5, 0.6) is 0 Å². The molecular weight excluding hydrogens is 300 g/mol. The number of benzene rings is 1. The topological polar surface area (TPSA) is 32.8 Å². The smallest absolute Gasteiger partial charge is 0.229 e. The molecule has 0 radical (unpaired) electrons. The summed E-state index contributed by atoms with van der Waals surface area (Å²) in [4.78, 5) is 16.9. The summed E-state index contributed by atoms with van der Waals surface area (Å²) in [5, 5.41) is 0. The Hall–Kier alpha value is -1.39. The van der Waals surface area contributed by atoms with Crippen LogP contribution >= 0.6 is 0 Å². The summed E-state index contributed by atoms with van der Waals surface area (Å²) < 4.78 is 5.75. The van der Waals surface area contributed by atoms with Gasteiger partial charge in [-0.2, -0.15) is 0 Å². The van der Waals surface area contributed by atoms with E-state index in [-0.39, 0.29) is 5.41 Å². The number of hydrogen-bond acceptors (Lipinski definition) is 3. The summed E-state index contributed by atoms with van der Waals surface area (Å²) in [5.74, 6) is 0.377. The Bertz CT molecular complexity index is 534. The summed E-state index contributed by atoms with van der Waals surface area (Å²) in [5.41, 5.74) is 1.16. The molecule has 1 aromatic carbocycles. The average Bonchev–Trinajstić information content (AvgIpc) is 3.01. The van der Waals surface area contributed by atoms with Gasteiger partial charge in [0.15, 0.2) is 0 Å². The van der Waals surface area contributed by atoms with E-state index in [1.165, 1.54) is 5.56 Å². The number of unbranched alkanes of at least 4 members (excludes halogenated alkanes) is 1. The highest BCUT2D eigenvalue weighted by Gasteiger charge is 2.47. The van der Waals surface area contributed by atoms with Gasteiger partial charge in [-0.3, -0.25) is 4.79 Å². The van der Waals surface area contributed by atoms with Gasteiger partial charge in [-0.1, -0.05) is 30.3 Å². The lowest BCUT2D eigenvalue weighted by molar-refractivity contribution is -0.143. The molecule has 0 bridgehead atoms. The van der Waals surface area contributed by atoms with Crippen molar-refractivity contribution in [3.63, 3.8) is 0 Å². The number of ether oxygens (including phenoxy) is 1. The Labute approximate surface area is 145 Å². The molecule has 4 heteroatoms. The first-order valence-electron chi connectivity index (χ1n) is 9.29. The van der Waals surface area contributed by atoms with Gasteiger partial charge in [-0.15, -0.1) is 0 Å². The summed E-state index contributed by atoms with van der Waals surface area (Å²) in [6.45, 7) is 5.57. The second kappa shape index (κ2) is 8.13. The zero-order valence-corrected chi connectivity index (χ0v) is 14.9. The molecule has 1 spiro atoms. The van der Waals surface area contributed by atoms with Crippen LogP contribution in [0.4, 0.5) is 0 Å². The van der Waals surface area contributed by atoms with Gasteiger partial charge in [0, 0.05) is 26.7 Å². The summed E-state index contributed by atoms with van der Waals surface area (Å²) in [6.07, 6.45) is 5.51. The maximum atomic E-state index is 12.5. The number of amides is 1. The number of piperidine rings is 1. The van der Waals surface area contributed by atoms with E-state index in [1.807, 2.05) is 30.1 Å². The standard InChI is InChI=1S/C20H30N2O2/c1-21-12-7-10-20(19(21)23)11-14-22(17-20)13-5-6-15-24-16-18-8-3-2-4-9-18/h2-4,8-9H,5-7,10-17H2,1H3/t20-/m1/s1. The highest BCUT2D eigenvalue weighted by molar-refractivity contribution is 5.83. The van der Waals surface area contributed by atoms with Crippen molar-refractivity contribution < 1.29 is 9.53 Å². The van der Waals surface area contributed by atoms with E-state index in [0.29, 0.717) is 12.5 Å². The zero-order chi connectivity index (χ0) is 16.8. The largest absolute Gasteiger partial charge is 0.377 e. The molecule has 0 saturated carbocycles. The fraction of sp³-hybridized carbons (Fsp3) is 0.650. The van der Waals surface area contributed by atoms with Gasteiger partial charge in [-0.25, -0.2) is 0 Å². The molecular formula is C20H30N2O2. The second-order valence-electron chi connectivity index (χ2n) is 7.38. The van der Waals surface area contributed by atoms with E-state index in [4.69, 9.17) is 4.74 Å². The molecule has 0 N–H and O–H groups in total. The van der Waals surface area contributed by atoms with Gasteiger partial charge in [0.25, 0.3) is 0 Å². The molecule has 2 aliphatic rings. The Morgan fingerprint density at radius 3 is 2.79 bits per heavy atom. The molecule has 2 heterocycles. The monoisotopic (exact) mass is 330 g/mol. The van der Waals surface area contributed by atoms with E-state index >= 15 is 0 Å². The van der Waals surface area contributed by atoms with E-state index in [0.717, 1.165) is 64.9 Å². The Morgan fingerprint density at radius 2 is 1.96 bits per heavy atom. The minimum atomic E-state index is -0.0726. The molecule has 3 rings (SSSR count). The quantitative estimate of drug-likeness (QED) is 0.721. The van der Waals surface area contributed by atoms with Crippen molar-refractivity contribution in [1.29, 1.82) is 0 Å². The van der Waals surface area contributed by atoms with Crippen molar-refractivity contribution in [2.75, 3.05) is 39.8 Å². The molecule has 0 unspecified atom stereocenters. The average molecular weight is 330 g/mol. The SMILES string of the molecule is CN1CCC[C@]2(CCN(CCCCOCc3ccccc3)C2)C1=O. The van der Waals surface area contributed by atoms with E-state index in [1.54, 1.807) is 0 Å². The molecule has 2 aliphatic heterocycles. The fourth-order valence-corrected chi connectivity index (χ4v) is 4.10. The predicted octanol–water partition coefficient (Wildman–Crippen LogP) is 2.93. The normalized spacial score (nSPS) is 24.9. The minimum Gasteiger partial charge on any atom is -0.377 e. The van der Waals surface area contributed by atoms with Crippen molar-refractivity contribution in [1.82, 2.24) is 9.80 Å². The molecule has 1 atom stereocenters. The van der Waals surface area contributed by atoms with Gasteiger partial charge in [-0.05, 0) is 50.8 Å². The van der Waals surface area contributed by atoms with Crippen molar-refractivity contribution >= 4 is 5.91 Å². The van der Waals surface area contributed by atoms with Crippen LogP contribution in [0.3, 0.4) is 0 Å². The van der Waals surface area contributed by atoms with Crippen LogP contribution in [0.15, 0.2) is 30.3 Å². The predicted molar refractivity (Wildman–Crippen MR) is 95.7 cm³/mol. The summed E-state index contributed by atoms with van der Waals surface area (Å²) in [6, 6.07) is 10.3. The van der Waals surface area contributed by atoms with Crippen LogP contribution in [-0.4, -0.2) is 55.5 Å². The molecule has 2 fully saturated rings.